The van der Waals surface area contributed by atoms with Crippen LogP contribution in [0.3, 0.4) is 0 Å². The summed E-state index contributed by atoms with van der Waals surface area (Å²) in [6, 6.07) is 9.56. The Morgan fingerprint density at radius 2 is 1.97 bits per heavy atom. The van der Waals surface area contributed by atoms with Crippen molar-refractivity contribution in [3.8, 4) is 16.9 Å². The Morgan fingerprint density at radius 3 is 2.68 bits per heavy atom. The van der Waals surface area contributed by atoms with Gasteiger partial charge in [0.25, 0.3) is 5.91 Å². The normalized spacial score (nSPS) is 18.5. The van der Waals surface area contributed by atoms with Crippen LogP contribution in [0.15, 0.2) is 48.8 Å². The van der Waals surface area contributed by atoms with Crippen LogP contribution in [0.25, 0.3) is 22.0 Å². The lowest BCUT2D eigenvalue weighted by Gasteiger charge is -2.32. The molecule has 0 aliphatic carbocycles. The molecule has 4 aromatic rings. The first-order valence-corrected chi connectivity index (χ1v) is 12.2. The number of carbonyl (C=O) groups is 1. The molecule has 0 radical (unpaired) electrons. The highest BCUT2D eigenvalue weighted by molar-refractivity contribution is 6.42. The van der Waals surface area contributed by atoms with E-state index in [0.717, 1.165) is 11.8 Å². The van der Waals surface area contributed by atoms with E-state index in [4.69, 9.17) is 9.47 Å². The number of carbonyl (C=O) groups excluding carboxylic acids is 1. The number of rotatable bonds is 5. The number of aryl methyl sites for hydroxylation is 1. The molecule has 1 fully saturated rings. The highest BCUT2D eigenvalue weighted by Gasteiger charge is 2.44. The Bertz CT molecular complexity index is 1530. The van der Waals surface area contributed by atoms with Crippen LogP contribution >= 0.6 is 0 Å². The van der Waals surface area contributed by atoms with E-state index >= 15 is 8.78 Å². The number of amides is 1. The van der Waals surface area contributed by atoms with Crippen LogP contribution < -0.4 is 4.74 Å². The largest absolute Gasteiger partial charge is 0.486 e. The first kappa shape index (κ1) is 23.7. The zero-order valence-corrected chi connectivity index (χ0v) is 20.8. The fourth-order valence-electron chi connectivity index (χ4n) is 5.26. The molecule has 2 aliphatic rings. The van der Waals surface area contributed by atoms with Gasteiger partial charge in [0.1, 0.15) is 44.7 Å². The van der Waals surface area contributed by atoms with Crippen LogP contribution in [0.2, 0.25) is 0 Å². The topological polar surface area (TPSA) is 69.5 Å². The van der Waals surface area contributed by atoms with Crippen molar-refractivity contribution in [3.63, 3.8) is 0 Å². The van der Waals surface area contributed by atoms with Crippen molar-refractivity contribution in [2.24, 2.45) is 7.05 Å². The highest BCUT2D eigenvalue weighted by Crippen LogP contribution is 2.38. The Kier molecular flexibility index (Phi) is 5.56. The minimum Gasteiger partial charge on any atom is -0.486 e. The zero-order valence-electron chi connectivity index (χ0n) is 20.8. The fraction of sp³-hybridized carbons (Fsp3) is 0.269. The van der Waals surface area contributed by atoms with Gasteiger partial charge in [-0.05, 0) is 47.5 Å². The van der Waals surface area contributed by atoms with Crippen molar-refractivity contribution < 1.29 is 23.0 Å². The standard InChI is InChI=1S/C26H24B2F2N4O3/c1-33-11-18-16(4-5-22(23(18)32-33)37-15-6-8-36-13-15)14-9-20(29)19(21(30)10-14)12-34-25(35)17-3-2-7-31-24(17)26(34,27)28/h2-5,7,9-11,15H,6,8,12-13,27-28H2,1H3. The van der Waals surface area contributed by atoms with Gasteiger partial charge in [-0.2, -0.15) is 5.10 Å². The average Bonchev–Trinajstić information content (AvgIpc) is 3.56. The van der Waals surface area contributed by atoms with E-state index in [0.29, 0.717) is 46.9 Å². The second-order valence-corrected chi connectivity index (χ2v) is 10.0. The predicted octanol–water partition coefficient (Wildman–Crippen LogP) is 2.11. The number of fused-ring (bicyclic) bond motifs is 2. The van der Waals surface area contributed by atoms with Gasteiger partial charge in [-0.25, -0.2) is 8.78 Å². The lowest BCUT2D eigenvalue weighted by molar-refractivity contribution is 0.0727. The van der Waals surface area contributed by atoms with Crippen LogP contribution in [0, 0.1) is 11.6 Å². The molecule has 1 atom stereocenters. The summed E-state index contributed by atoms with van der Waals surface area (Å²) in [6.07, 6.45) is 4.17. The lowest BCUT2D eigenvalue weighted by atomic mass is 9.59. The minimum absolute atomic E-state index is 0.0517. The maximum Gasteiger partial charge on any atom is 0.255 e. The van der Waals surface area contributed by atoms with Gasteiger partial charge in [-0.3, -0.25) is 14.5 Å². The van der Waals surface area contributed by atoms with Crippen LogP contribution in [-0.4, -0.2) is 60.6 Å². The molecule has 2 aliphatic heterocycles. The minimum atomic E-state index is -0.798. The number of ether oxygens (including phenoxy) is 2. The van der Waals surface area contributed by atoms with Gasteiger partial charge in [-0.1, -0.05) is 0 Å². The summed E-state index contributed by atoms with van der Waals surface area (Å²) in [5.41, 5.74) is 2.52. The maximum atomic E-state index is 15.5. The molecule has 0 saturated carbocycles. The van der Waals surface area contributed by atoms with Gasteiger partial charge in [0.2, 0.25) is 0 Å². The quantitative estimate of drug-likeness (QED) is 0.393. The predicted molar refractivity (Wildman–Crippen MR) is 139 cm³/mol. The number of halogens is 2. The smallest absolute Gasteiger partial charge is 0.255 e. The van der Waals surface area contributed by atoms with Crippen molar-refractivity contribution in [2.75, 3.05) is 13.2 Å². The summed E-state index contributed by atoms with van der Waals surface area (Å²) >= 11 is 0. The molecule has 0 N–H and O–H groups in total. The van der Waals surface area contributed by atoms with Gasteiger partial charge in [0.05, 0.1) is 31.0 Å². The summed E-state index contributed by atoms with van der Waals surface area (Å²) in [5.74, 6) is -1.13. The summed E-state index contributed by atoms with van der Waals surface area (Å²) in [4.78, 5) is 18.9. The van der Waals surface area contributed by atoms with Gasteiger partial charge in [-0.15, -0.1) is 0 Å². The van der Waals surface area contributed by atoms with Crippen LogP contribution in [0.1, 0.15) is 28.0 Å². The summed E-state index contributed by atoms with van der Waals surface area (Å²) in [6.45, 7) is 0.964. The monoisotopic (exact) mass is 500 g/mol. The molecular formula is C26H24B2F2N4O3. The molecule has 0 spiro atoms. The Morgan fingerprint density at radius 1 is 1.19 bits per heavy atom. The maximum absolute atomic E-state index is 15.5. The summed E-state index contributed by atoms with van der Waals surface area (Å²) in [7, 11) is 5.45. The molecular weight excluding hydrogens is 476 g/mol. The number of benzene rings is 2. The molecule has 7 nitrogen and oxygen atoms in total. The van der Waals surface area contributed by atoms with Crippen molar-refractivity contribution in [2.45, 2.75) is 24.4 Å². The van der Waals surface area contributed by atoms with Gasteiger partial charge in [0, 0.05) is 42.1 Å². The molecule has 1 unspecified atom stereocenters. The highest BCUT2D eigenvalue weighted by atomic mass is 19.1. The molecule has 2 aromatic carbocycles. The molecule has 0 bridgehead atoms. The number of hydrogen-bond acceptors (Lipinski definition) is 5. The third-order valence-electron chi connectivity index (χ3n) is 7.24. The Hall–Kier alpha value is -3.72. The third-order valence-corrected chi connectivity index (χ3v) is 7.24. The van der Waals surface area contributed by atoms with Crippen LogP contribution in [-0.2, 0) is 23.7 Å². The van der Waals surface area contributed by atoms with Crippen LogP contribution in [0.4, 0.5) is 8.78 Å². The van der Waals surface area contributed by atoms with Crippen LogP contribution in [0.5, 0.6) is 5.75 Å². The number of aromatic nitrogens is 3. The average molecular weight is 500 g/mol. The van der Waals surface area contributed by atoms with Crippen molar-refractivity contribution >= 4 is 32.5 Å². The molecule has 2 aromatic heterocycles. The van der Waals surface area contributed by atoms with Gasteiger partial charge in [0.15, 0.2) is 0 Å². The number of nitrogens with zero attached hydrogens (tertiary/aromatic N) is 4. The van der Waals surface area contributed by atoms with Crippen molar-refractivity contribution in [1.29, 1.82) is 0 Å². The van der Waals surface area contributed by atoms with E-state index in [-0.39, 0.29) is 24.1 Å². The molecule has 37 heavy (non-hydrogen) atoms. The van der Waals surface area contributed by atoms with E-state index in [1.165, 1.54) is 17.0 Å². The molecule has 6 rings (SSSR count). The molecule has 4 heterocycles. The third kappa shape index (κ3) is 3.89. The molecule has 1 saturated heterocycles. The number of pyridine rings is 1. The van der Waals surface area contributed by atoms with Crippen molar-refractivity contribution in [1.82, 2.24) is 19.7 Å². The molecule has 11 heteroatoms. The van der Waals surface area contributed by atoms with Crippen molar-refractivity contribution in [3.05, 3.63) is 77.2 Å². The number of hydrogen-bond donors (Lipinski definition) is 0. The second-order valence-electron chi connectivity index (χ2n) is 10.0. The Balaban J connectivity index is 1.35. The van der Waals surface area contributed by atoms with E-state index in [9.17, 15) is 4.79 Å². The van der Waals surface area contributed by atoms with E-state index in [2.05, 4.69) is 10.1 Å². The summed E-state index contributed by atoms with van der Waals surface area (Å²) in [5, 5.41) is 4.46. The zero-order chi connectivity index (χ0) is 25.9. The fourth-order valence-corrected chi connectivity index (χ4v) is 5.26. The van der Waals surface area contributed by atoms with E-state index in [1.54, 1.807) is 42.2 Å². The second kappa shape index (κ2) is 8.69. The molecule has 1 amide bonds. The first-order chi connectivity index (χ1) is 17.7. The van der Waals surface area contributed by atoms with E-state index < -0.39 is 17.0 Å². The molecule has 186 valence electrons. The lowest BCUT2D eigenvalue weighted by Crippen LogP contribution is -2.45. The summed E-state index contributed by atoms with van der Waals surface area (Å²) < 4.78 is 44.1. The van der Waals surface area contributed by atoms with Gasteiger partial charge >= 0.3 is 0 Å². The SMILES string of the molecule is BC1(B)c2ncccc2C(=O)N1Cc1c(F)cc(-c2ccc(OC3CCOC3)c3nn(C)cc23)cc1F. The van der Waals surface area contributed by atoms with Gasteiger partial charge < -0.3 is 14.4 Å². The Labute approximate surface area is 214 Å². The van der Waals surface area contributed by atoms with E-state index in [1.807, 2.05) is 21.9 Å². The first-order valence-electron chi connectivity index (χ1n) is 12.2.